The van der Waals surface area contributed by atoms with Crippen LogP contribution in [0.4, 0.5) is 4.39 Å². The molecule has 1 aliphatic rings. The van der Waals surface area contributed by atoms with Gasteiger partial charge in [-0.05, 0) is 35.4 Å². The molecule has 1 aromatic carbocycles. The van der Waals surface area contributed by atoms with Gasteiger partial charge in [0.05, 0.1) is 7.11 Å². The number of hydrogen-bond acceptors (Lipinski definition) is 4. The van der Waals surface area contributed by atoms with Crippen LogP contribution in [0.15, 0.2) is 42.7 Å². The second-order valence-electron chi connectivity index (χ2n) is 5.44. The van der Waals surface area contributed by atoms with Crippen molar-refractivity contribution in [2.24, 2.45) is 0 Å². The number of piperazine rings is 1. The quantitative estimate of drug-likeness (QED) is 0.931. The van der Waals surface area contributed by atoms with Crippen molar-refractivity contribution in [2.45, 2.75) is 12.6 Å². The van der Waals surface area contributed by atoms with Crippen molar-refractivity contribution in [2.75, 3.05) is 26.7 Å². The molecule has 1 atom stereocenters. The summed E-state index contributed by atoms with van der Waals surface area (Å²) >= 11 is 0. The smallest absolute Gasteiger partial charge is 0.165 e. The molecule has 2 heterocycles. The molecule has 0 spiro atoms. The van der Waals surface area contributed by atoms with Gasteiger partial charge in [-0.1, -0.05) is 6.07 Å². The first-order valence-corrected chi connectivity index (χ1v) is 7.45. The molecule has 6 heteroatoms. The molecule has 0 saturated carbocycles. The Bertz CT molecular complexity index is 626. The lowest BCUT2D eigenvalue weighted by atomic mass is 10.0. The maximum absolute atomic E-state index is 13.9. The zero-order valence-corrected chi connectivity index (χ0v) is 13.9. The number of nitrogens with zero attached hydrogens (tertiary/aromatic N) is 2. The first-order valence-electron chi connectivity index (χ1n) is 7.45. The molecular weight excluding hydrogens is 317 g/mol. The fourth-order valence-electron chi connectivity index (χ4n) is 2.89. The minimum atomic E-state index is -0.310. The molecule has 3 rings (SSSR count). The minimum Gasteiger partial charge on any atom is -0.494 e. The fraction of sp³-hybridized carbons (Fsp3) is 0.353. The highest BCUT2D eigenvalue weighted by atomic mass is 35.5. The lowest BCUT2D eigenvalue weighted by Crippen LogP contribution is -2.45. The summed E-state index contributed by atoms with van der Waals surface area (Å²) in [7, 11) is 1.48. The predicted molar refractivity (Wildman–Crippen MR) is 90.5 cm³/mol. The van der Waals surface area contributed by atoms with Gasteiger partial charge in [-0.25, -0.2) is 4.39 Å². The molecular formula is C17H21ClFN3O. The maximum Gasteiger partial charge on any atom is 0.165 e. The van der Waals surface area contributed by atoms with E-state index in [1.54, 1.807) is 12.1 Å². The Morgan fingerprint density at radius 2 is 2.09 bits per heavy atom. The first-order chi connectivity index (χ1) is 10.8. The van der Waals surface area contributed by atoms with Gasteiger partial charge in [-0.3, -0.25) is 9.88 Å². The Kier molecular flexibility index (Phi) is 6.33. The Morgan fingerprint density at radius 3 is 2.78 bits per heavy atom. The molecule has 1 saturated heterocycles. The lowest BCUT2D eigenvalue weighted by molar-refractivity contribution is 0.153. The molecule has 4 nitrogen and oxygen atoms in total. The number of aromatic nitrogens is 1. The highest BCUT2D eigenvalue weighted by Crippen LogP contribution is 2.25. The molecule has 1 fully saturated rings. The van der Waals surface area contributed by atoms with Gasteiger partial charge in [0.15, 0.2) is 11.6 Å². The van der Waals surface area contributed by atoms with Gasteiger partial charge in [0.25, 0.3) is 0 Å². The minimum absolute atomic E-state index is 0. The van der Waals surface area contributed by atoms with Crippen LogP contribution in [0.25, 0.3) is 0 Å². The average Bonchev–Trinajstić information content (AvgIpc) is 2.56. The van der Waals surface area contributed by atoms with Crippen molar-refractivity contribution in [3.63, 3.8) is 0 Å². The van der Waals surface area contributed by atoms with Gasteiger partial charge in [0, 0.05) is 44.6 Å². The van der Waals surface area contributed by atoms with Gasteiger partial charge in [-0.2, -0.15) is 0 Å². The van der Waals surface area contributed by atoms with Crippen LogP contribution in [-0.2, 0) is 6.54 Å². The standard InChI is InChI=1S/C17H20FN3O.ClH/c1-22-17-3-2-13(10-15(17)18)12-21-9-8-20-11-16(21)14-4-6-19-7-5-14;/h2-7,10,16,20H,8-9,11-12H2,1H3;1H. The van der Waals surface area contributed by atoms with Crippen LogP contribution >= 0.6 is 12.4 Å². The van der Waals surface area contributed by atoms with Crippen molar-refractivity contribution in [1.29, 1.82) is 0 Å². The number of nitrogens with one attached hydrogen (secondary N) is 1. The van der Waals surface area contributed by atoms with E-state index in [1.165, 1.54) is 12.7 Å². The van der Waals surface area contributed by atoms with Gasteiger partial charge >= 0.3 is 0 Å². The van der Waals surface area contributed by atoms with E-state index in [0.717, 1.165) is 31.7 Å². The largest absolute Gasteiger partial charge is 0.494 e. The number of rotatable bonds is 4. The molecule has 23 heavy (non-hydrogen) atoms. The summed E-state index contributed by atoms with van der Waals surface area (Å²) < 4.78 is 18.8. The van der Waals surface area contributed by atoms with Gasteiger partial charge < -0.3 is 10.1 Å². The molecule has 1 N–H and O–H groups in total. The highest BCUT2D eigenvalue weighted by Gasteiger charge is 2.23. The Balaban J connectivity index is 0.00000192. The SMILES string of the molecule is COc1ccc(CN2CCNCC2c2ccncc2)cc1F.Cl. The van der Waals surface area contributed by atoms with E-state index in [-0.39, 0.29) is 30.0 Å². The van der Waals surface area contributed by atoms with Crippen LogP contribution in [0.5, 0.6) is 5.75 Å². The zero-order chi connectivity index (χ0) is 15.4. The molecule has 0 radical (unpaired) electrons. The second-order valence-corrected chi connectivity index (χ2v) is 5.44. The average molecular weight is 338 g/mol. The van der Waals surface area contributed by atoms with Gasteiger partial charge in [-0.15, -0.1) is 12.4 Å². The fourth-order valence-corrected chi connectivity index (χ4v) is 2.89. The maximum atomic E-state index is 13.9. The van der Waals surface area contributed by atoms with Crippen molar-refractivity contribution >= 4 is 12.4 Å². The number of ether oxygens (including phenoxy) is 1. The van der Waals surface area contributed by atoms with Crippen LogP contribution in [-0.4, -0.2) is 36.6 Å². The molecule has 0 amide bonds. The third-order valence-corrected chi connectivity index (χ3v) is 4.05. The molecule has 0 bridgehead atoms. The lowest BCUT2D eigenvalue weighted by Gasteiger charge is -2.36. The topological polar surface area (TPSA) is 37.4 Å². The number of methoxy groups -OCH3 is 1. The summed E-state index contributed by atoms with van der Waals surface area (Å²) in [6.45, 7) is 3.49. The van der Waals surface area contributed by atoms with Crippen molar-refractivity contribution in [3.05, 3.63) is 59.7 Å². The Labute approximate surface area is 142 Å². The predicted octanol–water partition coefficient (Wildman–Crippen LogP) is 2.80. The van der Waals surface area contributed by atoms with E-state index in [9.17, 15) is 4.39 Å². The molecule has 1 unspecified atom stereocenters. The first kappa shape index (κ1) is 17.7. The third-order valence-electron chi connectivity index (χ3n) is 4.05. The Hall–Kier alpha value is -1.69. The molecule has 124 valence electrons. The summed E-state index contributed by atoms with van der Waals surface area (Å²) in [5, 5.41) is 3.42. The number of benzene rings is 1. The van der Waals surface area contributed by atoms with E-state index < -0.39 is 0 Å². The summed E-state index contributed by atoms with van der Waals surface area (Å²) in [5.41, 5.74) is 2.19. The van der Waals surface area contributed by atoms with Crippen LogP contribution < -0.4 is 10.1 Å². The van der Waals surface area contributed by atoms with Crippen LogP contribution in [0, 0.1) is 5.82 Å². The van der Waals surface area contributed by atoms with E-state index in [4.69, 9.17) is 4.74 Å². The van der Waals surface area contributed by atoms with Crippen molar-refractivity contribution < 1.29 is 9.13 Å². The Morgan fingerprint density at radius 1 is 1.30 bits per heavy atom. The third kappa shape index (κ3) is 4.19. The summed E-state index contributed by atoms with van der Waals surface area (Å²) in [6, 6.07) is 9.53. The zero-order valence-electron chi connectivity index (χ0n) is 13.0. The molecule has 2 aromatic rings. The van der Waals surface area contributed by atoms with Crippen LogP contribution in [0.3, 0.4) is 0 Å². The van der Waals surface area contributed by atoms with Crippen LogP contribution in [0.2, 0.25) is 0 Å². The van der Waals surface area contributed by atoms with E-state index >= 15 is 0 Å². The van der Waals surface area contributed by atoms with E-state index in [2.05, 4.69) is 15.2 Å². The van der Waals surface area contributed by atoms with E-state index in [0.29, 0.717) is 0 Å². The molecule has 0 aliphatic carbocycles. The van der Waals surface area contributed by atoms with Crippen LogP contribution in [0.1, 0.15) is 17.2 Å². The number of hydrogen-bond donors (Lipinski definition) is 1. The molecule has 1 aliphatic heterocycles. The number of pyridine rings is 1. The second kappa shape index (κ2) is 8.24. The summed E-state index contributed by atoms with van der Waals surface area (Å²) in [5.74, 6) is -0.0228. The van der Waals surface area contributed by atoms with E-state index in [1.807, 2.05) is 30.6 Å². The number of halogens is 2. The van der Waals surface area contributed by atoms with Gasteiger partial charge in [0.1, 0.15) is 0 Å². The van der Waals surface area contributed by atoms with Gasteiger partial charge in [0.2, 0.25) is 0 Å². The molecule has 1 aromatic heterocycles. The van der Waals surface area contributed by atoms with Crippen molar-refractivity contribution in [1.82, 2.24) is 15.2 Å². The summed E-state index contributed by atoms with van der Waals surface area (Å²) in [4.78, 5) is 6.45. The summed E-state index contributed by atoms with van der Waals surface area (Å²) in [6.07, 6.45) is 3.63. The monoisotopic (exact) mass is 337 g/mol. The van der Waals surface area contributed by atoms with Crippen molar-refractivity contribution in [3.8, 4) is 5.75 Å². The normalized spacial score (nSPS) is 18.3. The highest BCUT2D eigenvalue weighted by molar-refractivity contribution is 5.85.